The van der Waals surface area contributed by atoms with Gasteiger partial charge in [0.1, 0.15) is 11.6 Å². The molecule has 0 fully saturated rings. The van der Waals surface area contributed by atoms with Crippen LogP contribution < -0.4 is 10.9 Å². The van der Waals surface area contributed by atoms with E-state index in [4.69, 9.17) is 0 Å². The van der Waals surface area contributed by atoms with Crippen molar-refractivity contribution in [2.75, 3.05) is 18.4 Å². The Morgan fingerprint density at radius 3 is 2.41 bits per heavy atom. The van der Waals surface area contributed by atoms with E-state index in [0.717, 1.165) is 31.4 Å². The van der Waals surface area contributed by atoms with Crippen LogP contribution >= 0.6 is 11.3 Å². The lowest BCUT2D eigenvalue weighted by atomic mass is 10.2. The highest BCUT2D eigenvalue weighted by Gasteiger charge is 2.22. The third-order valence-electron chi connectivity index (χ3n) is 5.32. The molecule has 8 nitrogen and oxygen atoms in total. The van der Waals surface area contributed by atoms with Gasteiger partial charge in [-0.05, 0) is 42.5 Å². The van der Waals surface area contributed by atoms with Crippen LogP contribution in [-0.2, 0) is 21.4 Å². The topological polar surface area (TPSA) is 101 Å². The molecular formula is C24H24N4O4S2. The van der Waals surface area contributed by atoms with Crippen LogP contribution in [0.2, 0.25) is 0 Å². The summed E-state index contributed by atoms with van der Waals surface area (Å²) in [6.45, 7) is 3.80. The third kappa shape index (κ3) is 4.93. The number of fused-ring (bicyclic) bond motifs is 1. The summed E-state index contributed by atoms with van der Waals surface area (Å²) < 4.78 is 29.0. The molecule has 10 heteroatoms. The Morgan fingerprint density at radius 2 is 1.74 bits per heavy atom. The first-order valence-corrected chi connectivity index (χ1v) is 13.0. The number of hydrogen-bond donors (Lipinski definition) is 1. The van der Waals surface area contributed by atoms with E-state index in [1.807, 2.05) is 36.4 Å². The smallest absolute Gasteiger partial charge is 0.251 e. The van der Waals surface area contributed by atoms with E-state index < -0.39 is 21.5 Å². The lowest BCUT2D eigenvalue weighted by molar-refractivity contribution is -0.116. The van der Waals surface area contributed by atoms with E-state index in [0.29, 0.717) is 18.8 Å². The summed E-state index contributed by atoms with van der Waals surface area (Å²) in [5.41, 5.74) is 1.98. The van der Waals surface area contributed by atoms with E-state index in [2.05, 4.69) is 10.3 Å². The standard InChI is InChI=1S/C24H24N4O4S2/c1-3-28(4-2)34(31,32)19-13-14-23(30)27(15-19)16-22(29)25-18-11-9-17(10-12-18)24-26-20-7-5-6-8-21(20)33-24/h5-15H,3-4,16H2,1-2H3,(H,25,29). The third-order valence-corrected chi connectivity index (χ3v) is 8.44. The molecule has 0 radical (unpaired) electrons. The zero-order valence-electron chi connectivity index (χ0n) is 18.8. The monoisotopic (exact) mass is 496 g/mol. The Balaban J connectivity index is 1.48. The van der Waals surface area contributed by atoms with Crippen LogP contribution in [0.3, 0.4) is 0 Å². The van der Waals surface area contributed by atoms with Gasteiger partial charge in [0.15, 0.2) is 0 Å². The second-order valence-corrected chi connectivity index (χ2v) is 10.5. The molecule has 4 rings (SSSR count). The first-order valence-electron chi connectivity index (χ1n) is 10.8. The van der Waals surface area contributed by atoms with Gasteiger partial charge in [-0.15, -0.1) is 11.3 Å². The van der Waals surface area contributed by atoms with Gasteiger partial charge in [0.25, 0.3) is 5.56 Å². The van der Waals surface area contributed by atoms with Gasteiger partial charge in [-0.2, -0.15) is 4.31 Å². The van der Waals surface area contributed by atoms with E-state index in [-0.39, 0.29) is 11.4 Å². The van der Waals surface area contributed by atoms with Gasteiger partial charge >= 0.3 is 0 Å². The molecule has 34 heavy (non-hydrogen) atoms. The molecule has 0 aliphatic carbocycles. The molecule has 0 aliphatic heterocycles. The lowest BCUT2D eigenvalue weighted by Crippen LogP contribution is -2.33. The molecular weight excluding hydrogens is 472 g/mol. The molecule has 1 N–H and O–H groups in total. The molecule has 2 aromatic heterocycles. The number of nitrogens with one attached hydrogen (secondary N) is 1. The number of carbonyl (C=O) groups excluding carboxylic acids is 1. The van der Waals surface area contributed by atoms with Gasteiger partial charge in [-0.3, -0.25) is 9.59 Å². The minimum atomic E-state index is -3.74. The van der Waals surface area contributed by atoms with Crippen LogP contribution in [0.5, 0.6) is 0 Å². The number of aromatic nitrogens is 2. The van der Waals surface area contributed by atoms with E-state index in [1.165, 1.54) is 16.6 Å². The fourth-order valence-corrected chi connectivity index (χ4v) is 5.99. The molecule has 0 aliphatic rings. The van der Waals surface area contributed by atoms with Gasteiger partial charge in [0.2, 0.25) is 15.9 Å². The van der Waals surface area contributed by atoms with Gasteiger partial charge in [-0.1, -0.05) is 26.0 Å². The molecule has 176 valence electrons. The molecule has 0 saturated carbocycles. The van der Waals surface area contributed by atoms with Crippen molar-refractivity contribution in [1.29, 1.82) is 0 Å². The largest absolute Gasteiger partial charge is 0.325 e. The van der Waals surface area contributed by atoms with Crippen molar-refractivity contribution in [2.45, 2.75) is 25.3 Å². The van der Waals surface area contributed by atoms with Crippen LogP contribution in [0.15, 0.2) is 76.6 Å². The number of carbonyl (C=O) groups is 1. The van der Waals surface area contributed by atoms with Crippen molar-refractivity contribution in [2.24, 2.45) is 0 Å². The van der Waals surface area contributed by atoms with Crippen LogP contribution in [0.4, 0.5) is 5.69 Å². The Hall–Kier alpha value is -3.34. The molecule has 4 aromatic rings. The zero-order valence-corrected chi connectivity index (χ0v) is 20.4. The molecule has 0 bridgehead atoms. The second kappa shape index (κ2) is 9.88. The number of rotatable bonds is 8. The zero-order chi connectivity index (χ0) is 24.3. The molecule has 0 spiro atoms. The summed E-state index contributed by atoms with van der Waals surface area (Å²) in [4.78, 5) is 29.4. The molecule has 0 unspecified atom stereocenters. The number of sulfonamides is 1. The average Bonchev–Trinajstić information content (AvgIpc) is 3.26. The summed E-state index contributed by atoms with van der Waals surface area (Å²) >= 11 is 1.59. The number of para-hydroxylation sites is 1. The summed E-state index contributed by atoms with van der Waals surface area (Å²) in [7, 11) is -3.74. The number of anilines is 1. The van der Waals surface area contributed by atoms with Gasteiger partial charge in [0, 0.05) is 36.6 Å². The van der Waals surface area contributed by atoms with Crippen molar-refractivity contribution in [3.05, 3.63) is 77.2 Å². The number of amides is 1. The van der Waals surface area contributed by atoms with E-state index in [9.17, 15) is 18.0 Å². The lowest BCUT2D eigenvalue weighted by Gasteiger charge is -2.19. The van der Waals surface area contributed by atoms with E-state index in [1.54, 1.807) is 37.3 Å². The van der Waals surface area contributed by atoms with Crippen molar-refractivity contribution >= 4 is 43.2 Å². The van der Waals surface area contributed by atoms with Crippen molar-refractivity contribution in [1.82, 2.24) is 13.9 Å². The summed E-state index contributed by atoms with van der Waals surface area (Å²) in [5.74, 6) is -0.438. The maximum absolute atomic E-state index is 12.7. The summed E-state index contributed by atoms with van der Waals surface area (Å²) in [5, 5.41) is 3.64. The maximum atomic E-state index is 12.7. The van der Waals surface area contributed by atoms with E-state index >= 15 is 0 Å². The highest BCUT2D eigenvalue weighted by molar-refractivity contribution is 7.89. The normalized spacial score (nSPS) is 11.7. The summed E-state index contributed by atoms with van der Waals surface area (Å²) in [6.07, 6.45) is 1.21. The van der Waals surface area contributed by atoms with Crippen LogP contribution in [0.25, 0.3) is 20.8 Å². The fourth-order valence-electron chi connectivity index (χ4n) is 3.55. The SMILES string of the molecule is CCN(CC)S(=O)(=O)c1ccc(=O)n(CC(=O)Nc2ccc(-c3nc4ccccc4s3)cc2)c1. The number of pyridine rings is 1. The van der Waals surface area contributed by atoms with Gasteiger partial charge in [-0.25, -0.2) is 13.4 Å². The van der Waals surface area contributed by atoms with Crippen molar-refractivity contribution in [3.63, 3.8) is 0 Å². The molecule has 2 heterocycles. The van der Waals surface area contributed by atoms with Crippen LogP contribution in [0.1, 0.15) is 13.8 Å². The molecule has 2 aromatic carbocycles. The minimum Gasteiger partial charge on any atom is -0.325 e. The summed E-state index contributed by atoms with van der Waals surface area (Å²) in [6, 6.07) is 17.6. The first kappa shape index (κ1) is 23.8. The Labute approximate surface area is 201 Å². The Morgan fingerprint density at radius 1 is 1.03 bits per heavy atom. The maximum Gasteiger partial charge on any atom is 0.251 e. The van der Waals surface area contributed by atoms with Gasteiger partial charge in [0.05, 0.1) is 15.1 Å². The Bertz CT molecular complexity index is 1450. The molecule has 0 saturated heterocycles. The first-order chi connectivity index (χ1) is 16.3. The highest BCUT2D eigenvalue weighted by atomic mass is 32.2. The number of thiazole rings is 1. The number of nitrogens with zero attached hydrogens (tertiary/aromatic N) is 3. The molecule has 0 atom stereocenters. The number of benzene rings is 2. The highest BCUT2D eigenvalue weighted by Crippen LogP contribution is 2.30. The Kier molecular flexibility index (Phi) is 6.92. The van der Waals surface area contributed by atoms with Crippen LogP contribution in [0, 0.1) is 0 Å². The second-order valence-electron chi connectivity index (χ2n) is 7.53. The van der Waals surface area contributed by atoms with Crippen molar-refractivity contribution in [3.8, 4) is 10.6 Å². The minimum absolute atomic E-state index is 0.0243. The fraction of sp³-hybridized carbons (Fsp3) is 0.208. The number of hydrogen-bond acceptors (Lipinski definition) is 6. The van der Waals surface area contributed by atoms with Crippen LogP contribution in [-0.4, -0.2) is 41.3 Å². The predicted molar refractivity (Wildman–Crippen MR) is 134 cm³/mol. The van der Waals surface area contributed by atoms with Gasteiger partial charge < -0.3 is 9.88 Å². The quantitative estimate of drug-likeness (QED) is 0.400. The average molecular weight is 497 g/mol. The predicted octanol–water partition coefficient (Wildman–Crippen LogP) is 3.79. The van der Waals surface area contributed by atoms with Crippen molar-refractivity contribution < 1.29 is 13.2 Å². The molecule has 1 amide bonds.